The first kappa shape index (κ1) is 82.5. The minimum atomic E-state index is 0.587. The van der Waals surface area contributed by atoms with Crippen molar-refractivity contribution in [2.45, 2.75) is 125 Å². The zero-order chi connectivity index (χ0) is 88.8. The highest BCUT2D eigenvalue weighted by atomic mass is 15.1. The maximum atomic E-state index is 5.50. The summed E-state index contributed by atoms with van der Waals surface area (Å²) in [4.78, 5) is 52.5. The average Bonchev–Trinajstić information content (AvgIpc) is 1.54. The van der Waals surface area contributed by atoms with Crippen LogP contribution in [0.5, 0.6) is 0 Å². The van der Waals surface area contributed by atoms with Crippen LogP contribution in [0.1, 0.15) is 100 Å². The molecule has 0 bridgehead atoms. The van der Waals surface area contributed by atoms with E-state index >= 15 is 0 Å². The van der Waals surface area contributed by atoms with Crippen LogP contribution in [-0.2, 0) is 0 Å². The summed E-state index contributed by atoms with van der Waals surface area (Å²) < 4.78 is 5.11. The molecule has 0 amide bonds. The third-order valence-electron chi connectivity index (χ3n) is 27.2. The molecule has 14 aromatic carbocycles. The van der Waals surface area contributed by atoms with Gasteiger partial charge in [-0.1, -0.05) is 243 Å². The van der Waals surface area contributed by atoms with Crippen molar-refractivity contribution in [3.63, 3.8) is 0 Å². The molecule has 0 radical (unpaired) electrons. The molecular formula is C116H100N12. The fourth-order valence-electron chi connectivity index (χ4n) is 18.9. The molecule has 6 heterocycles. The van der Waals surface area contributed by atoms with Crippen molar-refractivity contribution < 1.29 is 0 Å². The number of hydrogen-bond donors (Lipinski definition) is 0. The van der Waals surface area contributed by atoms with Gasteiger partial charge in [0.2, 0.25) is 0 Å². The van der Waals surface area contributed by atoms with Gasteiger partial charge in [-0.15, -0.1) is 0 Å². The normalized spacial score (nSPS) is 11.5. The minimum Gasteiger partial charge on any atom is -0.308 e. The van der Waals surface area contributed by atoms with Crippen LogP contribution >= 0.6 is 0 Å². The standard InChI is InChI=1S/2C58H50N6/c1-33-30-50(64-53-40(8)36(4)34(2)38(6)51(53)52-39(7)35(3)37(5)41(9)54(52)64)47(49-32-48(42-22-14-10-15-23-42)59-55(60-49)43-24-16-11-17-25-43)31-46(33)58-62-56(44-26-18-12-19-27-44)61-57(63-58)45-28-20-13-21-29-45;1-33-30-46(58-62-56(44-26-18-12-19-27-44)61-57(63-58)45-28-20-13-21-29-45)31-47(49-32-48(42-22-14-10-15-23-42)59-55(60-49)43-24-16-11-17-25-43)52(33)64-53-40(8)36(4)34(2)38(6)50(53)51-39(7)35(3)37(5)41(9)54(51)64/h2*10-32H,1-9H3. The van der Waals surface area contributed by atoms with E-state index < -0.39 is 0 Å². The third kappa shape index (κ3) is 14.4. The maximum absolute atomic E-state index is 5.50. The molecule has 20 aromatic rings. The van der Waals surface area contributed by atoms with Crippen molar-refractivity contribution >= 4 is 43.6 Å². The van der Waals surface area contributed by atoms with Gasteiger partial charge in [0.15, 0.2) is 46.6 Å². The Kier molecular flexibility index (Phi) is 21.5. The van der Waals surface area contributed by atoms with Crippen LogP contribution in [0.4, 0.5) is 0 Å². The van der Waals surface area contributed by atoms with Crippen LogP contribution in [0.2, 0.25) is 0 Å². The first-order valence-corrected chi connectivity index (χ1v) is 44.1. The van der Waals surface area contributed by atoms with E-state index in [9.17, 15) is 0 Å². The Bertz CT molecular complexity index is 7430. The van der Waals surface area contributed by atoms with E-state index in [0.29, 0.717) is 46.6 Å². The van der Waals surface area contributed by atoms with Crippen molar-refractivity contribution in [3.8, 4) is 148 Å². The van der Waals surface area contributed by atoms with Gasteiger partial charge in [0, 0.05) is 88.3 Å². The minimum absolute atomic E-state index is 0.587. The van der Waals surface area contributed by atoms with Crippen LogP contribution in [0.25, 0.3) is 191 Å². The van der Waals surface area contributed by atoms with Crippen molar-refractivity contribution in [2.75, 3.05) is 0 Å². The zero-order valence-corrected chi connectivity index (χ0v) is 75.9. The molecule has 0 unspecified atom stereocenters. The Hall–Kier alpha value is -15.1. The van der Waals surface area contributed by atoms with E-state index in [0.717, 1.165) is 112 Å². The number of nitrogens with zero attached hydrogens (tertiary/aromatic N) is 12. The highest BCUT2D eigenvalue weighted by Crippen LogP contribution is 2.50. The fourth-order valence-corrected chi connectivity index (χ4v) is 18.9. The molecule has 0 N–H and O–H groups in total. The SMILES string of the molecule is Cc1cc(-c2nc(-c3ccccc3)nc(-c3ccccc3)n2)cc(-c2cc(-c3ccccc3)nc(-c3ccccc3)n2)c1-n1c2c(C)c(C)c(C)c(C)c2c2c(C)c(C)c(C)c(C)c21.Cc1cc(-n2c3c(C)c(C)c(C)c(C)c3c3c(C)c(C)c(C)c(C)c32)c(-c2cc(-c3ccccc3)nc(-c3ccccc3)n2)cc1-c1nc(-c2ccccc2)nc(-c2ccccc2)n1. The lowest BCUT2D eigenvalue weighted by atomic mass is 9.90. The molecule has 0 saturated heterocycles. The van der Waals surface area contributed by atoms with E-state index in [1.54, 1.807) is 0 Å². The fraction of sp³-hybridized carbons (Fsp3) is 0.155. The quantitative estimate of drug-likeness (QED) is 0.103. The molecular weight excluding hydrogens is 1560 g/mol. The van der Waals surface area contributed by atoms with Crippen molar-refractivity contribution in [1.82, 2.24) is 59.0 Å². The summed E-state index contributed by atoms with van der Waals surface area (Å²) in [6.07, 6.45) is 0. The lowest BCUT2D eigenvalue weighted by Gasteiger charge is -2.22. The molecule has 6 aromatic heterocycles. The number of aryl methyl sites for hydroxylation is 10. The van der Waals surface area contributed by atoms with Gasteiger partial charge < -0.3 is 9.13 Å². The van der Waals surface area contributed by atoms with Crippen LogP contribution in [0.3, 0.4) is 0 Å². The Morgan fingerprint density at radius 3 is 0.711 bits per heavy atom. The predicted octanol–water partition coefficient (Wildman–Crippen LogP) is 29.1. The number of fused-ring (bicyclic) bond motifs is 6. The third-order valence-corrected chi connectivity index (χ3v) is 27.2. The lowest BCUT2D eigenvalue weighted by molar-refractivity contribution is 1.07. The number of aromatic nitrogens is 12. The van der Waals surface area contributed by atoms with Gasteiger partial charge in [-0.25, -0.2) is 49.8 Å². The topological polar surface area (TPSA) is 139 Å². The molecule has 0 atom stereocenters. The van der Waals surface area contributed by atoms with Crippen molar-refractivity contribution in [2.24, 2.45) is 0 Å². The first-order valence-electron chi connectivity index (χ1n) is 44.1. The van der Waals surface area contributed by atoms with Crippen molar-refractivity contribution in [3.05, 3.63) is 379 Å². The highest BCUT2D eigenvalue weighted by Gasteiger charge is 2.32. The van der Waals surface area contributed by atoms with Crippen LogP contribution in [0.15, 0.2) is 279 Å². The molecule has 20 rings (SSSR count). The summed E-state index contributed by atoms with van der Waals surface area (Å²) in [6, 6.07) is 95.4. The molecule has 0 aliphatic heterocycles. The summed E-state index contributed by atoms with van der Waals surface area (Å²) >= 11 is 0. The number of hydrogen-bond acceptors (Lipinski definition) is 10. The molecule has 12 heteroatoms. The Balaban J connectivity index is 0.000000167. The van der Waals surface area contributed by atoms with E-state index in [-0.39, 0.29) is 0 Å². The molecule has 0 saturated carbocycles. The molecule has 12 nitrogen and oxygen atoms in total. The Labute approximate surface area is 749 Å². The molecule has 0 spiro atoms. The van der Waals surface area contributed by atoms with Gasteiger partial charge in [-0.05, 0) is 261 Å². The van der Waals surface area contributed by atoms with Gasteiger partial charge in [0.05, 0.1) is 56.2 Å². The monoisotopic (exact) mass is 1660 g/mol. The number of benzene rings is 14. The summed E-state index contributed by atoms with van der Waals surface area (Å²) in [5, 5.41) is 5.23. The van der Waals surface area contributed by atoms with Gasteiger partial charge in [-0.2, -0.15) is 0 Å². The molecule has 0 aliphatic rings. The molecule has 128 heavy (non-hydrogen) atoms. The molecule has 0 aliphatic carbocycles. The number of rotatable bonds is 14. The zero-order valence-electron chi connectivity index (χ0n) is 75.9. The summed E-state index contributed by atoms with van der Waals surface area (Å²) in [5.74, 6) is 4.95. The van der Waals surface area contributed by atoms with Gasteiger partial charge in [-0.3, -0.25) is 0 Å². The second-order valence-electron chi connectivity index (χ2n) is 34.4. The first-order chi connectivity index (χ1) is 62.0. The Morgan fingerprint density at radius 1 is 0.164 bits per heavy atom. The highest BCUT2D eigenvalue weighted by molar-refractivity contribution is 6.18. The van der Waals surface area contributed by atoms with Crippen LogP contribution < -0.4 is 0 Å². The summed E-state index contributed by atoms with van der Waals surface area (Å²) in [5.41, 5.74) is 44.6. The van der Waals surface area contributed by atoms with Gasteiger partial charge in [0.1, 0.15) is 0 Å². The smallest absolute Gasteiger partial charge is 0.164 e. The second-order valence-corrected chi connectivity index (χ2v) is 34.4. The molecule has 0 fully saturated rings. The van der Waals surface area contributed by atoms with E-state index in [2.05, 4.69) is 291 Å². The van der Waals surface area contributed by atoms with Gasteiger partial charge in [0.25, 0.3) is 0 Å². The molecule has 624 valence electrons. The van der Waals surface area contributed by atoms with Crippen LogP contribution in [0, 0.1) is 125 Å². The largest absolute Gasteiger partial charge is 0.308 e. The van der Waals surface area contributed by atoms with E-state index in [1.807, 2.05) is 121 Å². The van der Waals surface area contributed by atoms with E-state index in [4.69, 9.17) is 49.8 Å². The summed E-state index contributed by atoms with van der Waals surface area (Å²) in [6.45, 7) is 40.9. The maximum Gasteiger partial charge on any atom is 0.164 e. The summed E-state index contributed by atoms with van der Waals surface area (Å²) in [7, 11) is 0. The van der Waals surface area contributed by atoms with Crippen molar-refractivity contribution in [1.29, 1.82) is 0 Å². The van der Waals surface area contributed by atoms with E-state index in [1.165, 1.54) is 133 Å². The van der Waals surface area contributed by atoms with Gasteiger partial charge >= 0.3 is 0 Å². The lowest BCUT2D eigenvalue weighted by Crippen LogP contribution is -2.07. The second kappa shape index (κ2) is 33.4. The Morgan fingerprint density at radius 2 is 0.406 bits per heavy atom. The average molecular weight is 1660 g/mol. The van der Waals surface area contributed by atoms with Crippen LogP contribution in [-0.4, -0.2) is 59.0 Å². The predicted molar refractivity (Wildman–Crippen MR) is 530 cm³/mol.